The summed E-state index contributed by atoms with van der Waals surface area (Å²) in [6, 6.07) is 8.16. The fourth-order valence-electron chi connectivity index (χ4n) is 1.56. The highest BCUT2D eigenvalue weighted by Gasteiger charge is 2.01. The summed E-state index contributed by atoms with van der Waals surface area (Å²) in [7, 11) is 1.69. The summed E-state index contributed by atoms with van der Waals surface area (Å²) in [5, 5.41) is 4.43. The lowest BCUT2D eigenvalue weighted by Gasteiger charge is -2.08. The molecule has 0 bridgehead atoms. The molecule has 0 aliphatic rings. The molecule has 3 nitrogen and oxygen atoms in total. The molecule has 1 aromatic carbocycles. The average molecular weight is 281 g/mol. The molecule has 1 N–H and O–H groups in total. The predicted octanol–water partition coefficient (Wildman–Crippen LogP) is 3.06. The molecule has 1 aromatic heterocycles. The number of nitrogens with one attached hydrogen (secondary N) is 1. The summed E-state index contributed by atoms with van der Waals surface area (Å²) in [6.07, 6.45) is 1.81. The Morgan fingerprint density at radius 2 is 2.31 bits per heavy atom. The monoisotopic (exact) mass is 280 g/mol. The highest BCUT2D eigenvalue weighted by Crippen LogP contribution is 2.23. The van der Waals surface area contributed by atoms with Gasteiger partial charge >= 0.3 is 0 Å². The Bertz CT molecular complexity index is 487. The minimum Gasteiger partial charge on any atom is -0.383 e. The molecule has 0 fully saturated rings. The van der Waals surface area contributed by atoms with Gasteiger partial charge in [0.2, 0.25) is 0 Å². The van der Waals surface area contributed by atoms with E-state index in [-0.39, 0.29) is 0 Å². The second kappa shape index (κ2) is 5.27. The van der Waals surface area contributed by atoms with Crippen molar-refractivity contribution in [3.05, 3.63) is 34.9 Å². The topological polar surface area (TPSA) is 34.1 Å². The zero-order chi connectivity index (χ0) is 11.4. The molecule has 1 heterocycles. The molecular weight excluding hydrogens is 268 g/mol. The van der Waals surface area contributed by atoms with E-state index < -0.39 is 0 Å². The van der Waals surface area contributed by atoms with Crippen molar-refractivity contribution in [2.45, 2.75) is 0 Å². The number of rotatable bonds is 4. The Morgan fingerprint density at radius 1 is 1.44 bits per heavy atom. The fraction of sp³-hybridized carbons (Fsp3) is 0.250. The van der Waals surface area contributed by atoms with E-state index in [1.165, 1.54) is 0 Å². The molecule has 4 heteroatoms. The van der Waals surface area contributed by atoms with Crippen molar-refractivity contribution in [3.63, 3.8) is 0 Å². The SMILES string of the molecule is COCCNc1cccc2cc(Br)cnc12. The fourth-order valence-corrected chi connectivity index (χ4v) is 1.91. The standard InChI is InChI=1S/C12H13BrN2O/c1-16-6-5-14-11-4-2-3-9-7-10(13)8-15-12(9)11/h2-4,7-8,14H,5-6H2,1H3. The van der Waals surface area contributed by atoms with Gasteiger partial charge < -0.3 is 10.1 Å². The molecule has 0 saturated carbocycles. The molecule has 0 amide bonds. The molecule has 0 spiro atoms. The van der Waals surface area contributed by atoms with Gasteiger partial charge in [0, 0.05) is 29.7 Å². The summed E-state index contributed by atoms with van der Waals surface area (Å²) in [4.78, 5) is 4.41. The van der Waals surface area contributed by atoms with Crippen LogP contribution in [0.2, 0.25) is 0 Å². The molecule has 2 aromatic rings. The van der Waals surface area contributed by atoms with Crippen LogP contribution in [0.4, 0.5) is 5.69 Å². The van der Waals surface area contributed by atoms with Crippen molar-refractivity contribution < 1.29 is 4.74 Å². The van der Waals surface area contributed by atoms with Crippen LogP contribution in [0, 0.1) is 0 Å². The lowest BCUT2D eigenvalue weighted by atomic mass is 10.2. The van der Waals surface area contributed by atoms with Gasteiger partial charge in [-0.3, -0.25) is 4.98 Å². The van der Waals surface area contributed by atoms with Gasteiger partial charge in [0.25, 0.3) is 0 Å². The van der Waals surface area contributed by atoms with E-state index in [1.807, 2.05) is 18.3 Å². The number of pyridine rings is 1. The van der Waals surface area contributed by atoms with Gasteiger partial charge in [-0.25, -0.2) is 0 Å². The first-order valence-corrected chi connectivity index (χ1v) is 5.87. The van der Waals surface area contributed by atoms with Crippen molar-refractivity contribution in [2.24, 2.45) is 0 Å². The van der Waals surface area contributed by atoms with Crippen LogP contribution in [0.5, 0.6) is 0 Å². The quantitative estimate of drug-likeness (QED) is 0.875. The summed E-state index contributed by atoms with van der Waals surface area (Å²) in [5.41, 5.74) is 2.03. The van der Waals surface area contributed by atoms with Crippen LogP contribution in [-0.4, -0.2) is 25.2 Å². The third-order valence-corrected chi connectivity index (χ3v) is 2.73. The minimum absolute atomic E-state index is 0.687. The van der Waals surface area contributed by atoms with Gasteiger partial charge in [0.15, 0.2) is 0 Å². The van der Waals surface area contributed by atoms with Crippen LogP contribution in [0.15, 0.2) is 34.9 Å². The van der Waals surface area contributed by atoms with E-state index in [2.05, 4.69) is 38.4 Å². The molecule has 0 aliphatic heterocycles. The summed E-state index contributed by atoms with van der Waals surface area (Å²) in [6.45, 7) is 1.47. The number of fused-ring (bicyclic) bond motifs is 1. The molecule has 0 aliphatic carbocycles. The van der Waals surface area contributed by atoms with Crippen molar-refractivity contribution in [3.8, 4) is 0 Å². The Labute approximate surface area is 103 Å². The average Bonchev–Trinajstić information content (AvgIpc) is 2.29. The molecule has 2 rings (SSSR count). The zero-order valence-corrected chi connectivity index (χ0v) is 10.6. The number of aromatic nitrogens is 1. The maximum Gasteiger partial charge on any atom is 0.0934 e. The van der Waals surface area contributed by atoms with Crippen molar-refractivity contribution >= 4 is 32.5 Å². The third kappa shape index (κ3) is 2.51. The summed E-state index contributed by atoms with van der Waals surface area (Å²) < 4.78 is 6.00. The Hall–Kier alpha value is -1.13. The highest BCUT2D eigenvalue weighted by molar-refractivity contribution is 9.10. The van der Waals surface area contributed by atoms with Gasteiger partial charge in [-0.1, -0.05) is 12.1 Å². The number of ether oxygens (including phenoxy) is 1. The highest BCUT2D eigenvalue weighted by atomic mass is 79.9. The number of para-hydroxylation sites is 1. The molecule has 0 atom stereocenters. The van der Waals surface area contributed by atoms with E-state index >= 15 is 0 Å². The van der Waals surface area contributed by atoms with Gasteiger partial charge in [-0.2, -0.15) is 0 Å². The van der Waals surface area contributed by atoms with Crippen LogP contribution >= 0.6 is 15.9 Å². The first-order valence-electron chi connectivity index (χ1n) is 5.08. The number of benzene rings is 1. The summed E-state index contributed by atoms with van der Waals surface area (Å²) >= 11 is 3.42. The van der Waals surface area contributed by atoms with Gasteiger partial charge in [0.1, 0.15) is 0 Å². The van der Waals surface area contributed by atoms with Crippen molar-refractivity contribution in [1.82, 2.24) is 4.98 Å². The van der Waals surface area contributed by atoms with Crippen LogP contribution in [0.1, 0.15) is 0 Å². The van der Waals surface area contributed by atoms with Crippen LogP contribution in [0.25, 0.3) is 10.9 Å². The maximum absolute atomic E-state index is 5.00. The number of anilines is 1. The largest absolute Gasteiger partial charge is 0.383 e. The molecule has 84 valence electrons. The Kier molecular flexibility index (Phi) is 3.74. The van der Waals surface area contributed by atoms with Gasteiger partial charge in [0.05, 0.1) is 17.8 Å². The van der Waals surface area contributed by atoms with E-state index in [0.29, 0.717) is 6.61 Å². The Balaban J connectivity index is 2.30. The van der Waals surface area contributed by atoms with Crippen LogP contribution in [0.3, 0.4) is 0 Å². The van der Waals surface area contributed by atoms with Gasteiger partial charge in [-0.15, -0.1) is 0 Å². The lowest BCUT2D eigenvalue weighted by molar-refractivity contribution is 0.211. The first-order chi connectivity index (χ1) is 7.81. The maximum atomic E-state index is 5.00. The smallest absolute Gasteiger partial charge is 0.0934 e. The van der Waals surface area contributed by atoms with E-state index in [4.69, 9.17) is 4.74 Å². The molecule has 16 heavy (non-hydrogen) atoms. The normalized spacial score (nSPS) is 10.6. The molecular formula is C12H13BrN2O. The second-order valence-electron chi connectivity index (χ2n) is 3.45. The van der Waals surface area contributed by atoms with Crippen molar-refractivity contribution in [1.29, 1.82) is 0 Å². The first kappa shape index (κ1) is 11.4. The van der Waals surface area contributed by atoms with Crippen LogP contribution < -0.4 is 5.32 Å². The molecule has 0 radical (unpaired) electrons. The van der Waals surface area contributed by atoms with Crippen LogP contribution in [-0.2, 0) is 4.74 Å². The van der Waals surface area contributed by atoms with Crippen molar-refractivity contribution in [2.75, 3.05) is 25.6 Å². The number of hydrogen-bond donors (Lipinski definition) is 1. The minimum atomic E-state index is 0.687. The predicted molar refractivity (Wildman–Crippen MR) is 69.8 cm³/mol. The molecule has 0 saturated heterocycles. The van der Waals surface area contributed by atoms with Gasteiger partial charge in [-0.05, 0) is 28.1 Å². The number of methoxy groups -OCH3 is 1. The van der Waals surface area contributed by atoms with E-state index in [0.717, 1.165) is 27.6 Å². The number of halogens is 1. The van der Waals surface area contributed by atoms with E-state index in [9.17, 15) is 0 Å². The molecule has 0 unspecified atom stereocenters. The number of nitrogens with zero attached hydrogens (tertiary/aromatic N) is 1. The summed E-state index contributed by atoms with van der Waals surface area (Å²) in [5.74, 6) is 0. The lowest BCUT2D eigenvalue weighted by Crippen LogP contribution is -2.08. The Morgan fingerprint density at radius 3 is 3.12 bits per heavy atom. The third-order valence-electron chi connectivity index (χ3n) is 2.30. The number of hydrogen-bond acceptors (Lipinski definition) is 3. The second-order valence-corrected chi connectivity index (χ2v) is 4.37. The van der Waals surface area contributed by atoms with E-state index in [1.54, 1.807) is 7.11 Å². The zero-order valence-electron chi connectivity index (χ0n) is 9.03.